The van der Waals surface area contributed by atoms with Crippen LogP contribution in [0.4, 0.5) is 5.69 Å². The Balaban J connectivity index is 2.40. The van der Waals surface area contributed by atoms with Crippen molar-refractivity contribution in [2.45, 2.75) is 0 Å². The van der Waals surface area contributed by atoms with Crippen LogP contribution in [-0.2, 0) is 0 Å². The van der Waals surface area contributed by atoms with E-state index in [2.05, 4.69) is 0 Å². The Kier molecular flexibility index (Phi) is 2.96. The Morgan fingerprint density at radius 3 is 2.35 bits per heavy atom. The van der Waals surface area contributed by atoms with Gasteiger partial charge in [0.15, 0.2) is 17.7 Å². The lowest BCUT2D eigenvalue weighted by Crippen LogP contribution is -1.98. The lowest BCUT2D eigenvalue weighted by molar-refractivity contribution is -0.354. The molecule has 0 atom stereocenters. The third-order valence-electron chi connectivity index (χ3n) is 2.31. The van der Waals surface area contributed by atoms with Gasteiger partial charge in [-0.1, -0.05) is 24.3 Å². The minimum atomic E-state index is -0.302. The van der Waals surface area contributed by atoms with Gasteiger partial charge in [-0.05, 0) is 12.1 Å². The van der Waals surface area contributed by atoms with Crippen molar-refractivity contribution < 1.29 is 15.0 Å². The zero-order chi connectivity index (χ0) is 12.3. The molecule has 86 valence electrons. The molecule has 0 unspecified atom stereocenters. The Labute approximate surface area is 98.3 Å². The maximum absolute atomic E-state index is 11.7. The van der Waals surface area contributed by atoms with Crippen molar-refractivity contribution >= 4 is 11.9 Å². The Hall–Kier alpha value is -2.49. The molecule has 0 aromatic heterocycles. The van der Waals surface area contributed by atoms with Crippen LogP contribution in [0.25, 0.3) is 0 Å². The molecule has 0 fully saturated rings. The highest BCUT2D eigenvalue weighted by atomic mass is 16.5. The first-order valence-corrected chi connectivity index (χ1v) is 5.05. The summed E-state index contributed by atoms with van der Waals surface area (Å²) in [6.45, 7) is 0. The Morgan fingerprint density at radius 1 is 0.941 bits per heavy atom. The normalized spacial score (nSPS) is 11.4. The number of aromatic hydroxyl groups is 2. The predicted molar refractivity (Wildman–Crippen MR) is 64.7 cm³/mol. The average molecular weight is 229 g/mol. The molecule has 0 radical (unpaired) electrons. The van der Waals surface area contributed by atoms with E-state index in [0.717, 1.165) is 0 Å². The molecule has 4 heteroatoms. The largest absolute Gasteiger partial charge is 0.618 e. The SMILES string of the molecule is [O-][N+](=Cc1cccc(O)c1O)c1ccccc1. The number of nitrogens with zero attached hydrogens (tertiary/aromatic N) is 1. The van der Waals surface area contributed by atoms with E-state index in [1.807, 2.05) is 6.07 Å². The summed E-state index contributed by atoms with van der Waals surface area (Å²) in [5.74, 6) is -0.551. The van der Waals surface area contributed by atoms with Crippen molar-refractivity contribution in [1.29, 1.82) is 0 Å². The van der Waals surface area contributed by atoms with Crippen molar-refractivity contribution in [3.8, 4) is 11.5 Å². The molecule has 0 saturated heterocycles. The van der Waals surface area contributed by atoms with Gasteiger partial charge >= 0.3 is 0 Å². The second-order valence-electron chi connectivity index (χ2n) is 3.51. The van der Waals surface area contributed by atoms with E-state index in [4.69, 9.17) is 0 Å². The maximum atomic E-state index is 11.7. The minimum Gasteiger partial charge on any atom is -0.618 e. The predicted octanol–water partition coefficient (Wildman–Crippen LogP) is 2.36. The summed E-state index contributed by atoms with van der Waals surface area (Å²) in [7, 11) is 0. The molecule has 0 spiro atoms. The van der Waals surface area contributed by atoms with Gasteiger partial charge in [0.25, 0.3) is 0 Å². The molecule has 2 N–H and O–H groups in total. The summed E-state index contributed by atoms with van der Waals surface area (Å²) in [6, 6.07) is 13.1. The van der Waals surface area contributed by atoms with Crippen molar-refractivity contribution in [1.82, 2.24) is 0 Å². The van der Waals surface area contributed by atoms with Gasteiger partial charge < -0.3 is 15.4 Å². The van der Waals surface area contributed by atoms with Crippen LogP contribution >= 0.6 is 0 Å². The fraction of sp³-hybridized carbons (Fsp3) is 0. The van der Waals surface area contributed by atoms with E-state index in [0.29, 0.717) is 10.4 Å². The van der Waals surface area contributed by atoms with Gasteiger partial charge in [-0.25, -0.2) is 0 Å². The summed E-state index contributed by atoms with van der Waals surface area (Å²) >= 11 is 0. The van der Waals surface area contributed by atoms with Gasteiger partial charge in [0, 0.05) is 12.1 Å². The fourth-order valence-electron chi connectivity index (χ4n) is 1.43. The van der Waals surface area contributed by atoms with Gasteiger partial charge in [0.1, 0.15) is 0 Å². The Bertz CT molecular complexity index is 550. The van der Waals surface area contributed by atoms with E-state index in [1.54, 1.807) is 36.4 Å². The summed E-state index contributed by atoms with van der Waals surface area (Å²) in [6.07, 6.45) is 1.21. The standard InChI is InChI=1S/C13H11NO3/c15-12-8-4-5-10(13(12)16)9-14(17)11-6-2-1-3-7-11/h1-9,15-16H. The monoisotopic (exact) mass is 229 g/mol. The van der Waals surface area contributed by atoms with Crippen LogP contribution < -0.4 is 0 Å². The van der Waals surface area contributed by atoms with Gasteiger partial charge in [-0.3, -0.25) is 0 Å². The molecule has 4 nitrogen and oxygen atoms in total. The van der Waals surface area contributed by atoms with Crippen LogP contribution in [0.3, 0.4) is 0 Å². The lowest BCUT2D eigenvalue weighted by Gasteiger charge is -2.04. The third-order valence-corrected chi connectivity index (χ3v) is 2.31. The number of phenolic OH excluding ortho intramolecular Hbond substituents is 2. The number of para-hydroxylation sites is 2. The topological polar surface area (TPSA) is 66.5 Å². The second kappa shape index (κ2) is 4.57. The highest BCUT2D eigenvalue weighted by molar-refractivity contribution is 5.82. The molecule has 2 aromatic carbocycles. The maximum Gasteiger partial charge on any atom is 0.216 e. The smallest absolute Gasteiger partial charge is 0.216 e. The van der Waals surface area contributed by atoms with E-state index < -0.39 is 0 Å². The molecule has 0 aliphatic rings. The van der Waals surface area contributed by atoms with Crippen molar-refractivity contribution in [2.24, 2.45) is 0 Å². The first-order valence-electron chi connectivity index (χ1n) is 5.05. The third kappa shape index (κ3) is 2.36. The molecule has 2 aromatic rings. The zero-order valence-corrected chi connectivity index (χ0v) is 8.95. The molecule has 0 bridgehead atoms. The number of hydrogen-bond acceptors (Lipinski definition) is 3. The van der Waals surface area contributed by atoms with Crippen LogP contribution in [0, 0.1) is 5.21 Å². The van der Waals surface area contributed by atoms with Crippen molar-refractivity contribution in [3.05, 3.63) is 59.3 Å². The zero-order valence-electron chi connectivity index (χ0n) is 8.95. The van der Waals surface area contributed by atoms with E-state index in [-0.39, 0.29) is 17.1 Å². The van der Waals surface area contributed by atoms with Crippen LogP contribution in [0.2, 0.25) is 0 Å². The van der Waals surface area contributed by atoms with Crippen LogP contribution in [0.15, 0.2) is 48.5 Å². The summed E-state index contributed by atoms with van der Waals surface area (Å²) in [4.78, 5) is 0. The molecule has 0 aliphatic heterocycles. The van der Waals surface area contributed by atoms with Gasteiger partial charge in [-0.2, -0.15) is 4.74 Å². The molecular formula is C13H11NO3. The van der Waals surface area contributed by atoms with Crippen molar-refractivity contribution in [3.63, 3.8) is 0 Å². The fourth-order valence-corrected chi connectivity index (χ4v) is 1.43. The van der Waals surface area contributed by atoms with Crippen LogP contribution in [-0.4, -0.2) is 21.2 Å². The van der Waals surface area contributed by atoms with Crippen LogP contribution in [0.5, 0.6) is 11.5 Å². The summed E-state index contributed by atoms with van der Waals surface area (Å²) in [5, 5.41) is 30.6. The van der Waals surface area contributed by atoms with Gasteiger partial charge in [-0.15, -0.1) is 0 Å². The van der Waals surface area contributed by atoms with Gasteiger partial charge in [0.05, 0.1) is 5.56 Å². The summed E-state index contributed by atoms with van der Waals surface area (Å²) < 4.78 is 0.633. The van der Waals surface area contributed by atoms with Crippen molar-refractivity contribution in [2.75, 3.05) is 0 Å². The number of hydrogen-bond donors (Lipinski definition) is 2. The molecule has 2 rings (SSSR count). The quantitative estimate of drug-likeness (QED) is 0.273. The molecule has 0 saturated carbocycles. The van der Waals surface area contributed by atoms with E-state index in [1.165, 1.54) is 12.3 Å². The Morgan fingerprint density at radius 2 is 1.65 bits per heavy atom. The number of rotatable bonds is 2. The first-order chi connectivity index (χ1) is 8.18. The molecule has 0 aliphatic carbocycles. The summed E-state index contributed by atoms with van der Waals surface area (Å²) in [5.41, 5.74) is 0.721. The average Bonchev–Trinajstić information content (AvgIpc) is 2.36. The second-order valence-corrected chi connectivity index (χ2v) is 3.51. The van der Waals surface area contributed by atoms with Gasteiger partial charge in [0.2, 0.25) is 5.69 Å². The minimum absolute atomic E-state index is 0.250. The lowest BCUT2D eigenvalue weighted by atomic mass is 10.2. The highest BCUT2D eigenvalue weighted by Gasteiger charge is 2.07. The highest BCUT2D eigenvalue weighted by Crippen LogP contribution is 2.27. The van der Waals surface area contributed by atoms with Crippen LogP contribution in [0.1, 0.15) is 5.56 Å². The molecule has 17 heavy (non-hydrogen) atoms. The number of benzene rings is 2. The number of phenols is 2. The molecule has 0 heterocycles. The molecule has 0 amide bonds. The first kappa shape index (κ1) is 11.0. The van der Waals surface area contributed by atoms with E-state index >= 15 is 0 Å². The molecular weight excluding hydrogens is 218 g/mol. The van der Waals surface area contributed by atoms with E-state index in [9.17, 15) is 15.4 Å².